The van der Waals surface area contributed by atoms with Gasteiger partial charge in [-0.3, -0.25) is 0 Å². The van der Waals surface area contributed by atoms with Crippen LogP contribution in [0.2, 0.25) is 17.5 Å². The molecule has 0 aliphatic heterocycles. The van der Waals surface area contributed by atoms with E-state index in [-0.39, 0.29) is 43.4 Å². The maximum atomic E-state index is 2.28. The van der Waals surface area contributed by atoms with E-state index in [4.69, 9.17) is 0 Å². The van der Waals surface area contributed by atoms with Gasteiger partial charge in [-0.25, -0.2) is 0 Å². The van der Waals surface area contributed by atoms with E-state index in [0.717, 1.165) is 0 Å². The van der Waals surface area contributed by atoms with Crippen LogP contribution in [-0.4, -0.2) is 43.2 Å². The molecule has 170 valence electrons. The summed E-state index contributed by atoms with van der Waals surface area (Å²) in [6.07, 6.45) is 40.0. The van der Waals surface area contributed by atoms with Gasteiger partial charge in [-0.1, -0.05) is 97.2 Å². The first-order valence-corrected chi connectivity index (χ1v) is 18.0. The van der Waals surface area contributed by atoms with Gasteiger partial charge in [-0.2, -0.15) is 0 Å². The molecular weight excluding hydrogens is 676 g/mol. The molecule has 0 saturated heterocycles. The van der Waals surface area contributed by atoms with Crippen LogP contribution >= 0.6 is 0 Å². The average molecular weight is 716 g/mol. The zero-order chi connectivity index (χ0) is 22.4. The summed E-state index contributed by atoms with van der Waals surface area (Å²) >= 11 is 0.711. The Balaban J connectivity index is -0.000000145. The van der Waals surface area contributed by atoms with Crippen LogP contribution in [0.3, 0.4) is 0 Å². The summed E-state index contributed by atoms with van der Waals surface area (Å²) in [5.74, 6) is 0. The molecule has 0 bridgehead atoms. The molecule has 0 atom stereocenters. The smallest absolute Gasteiger partial charge is 0.00506 e. The largest absolute Gasteiger partial charge is 0.0767 e. The van der Waals surface area contributed by atoms with Crippen LogP contribution in [0.5, 0.6) is 0 Å². The van der Waals surface area contributed by atoms with Crippen LogP contribution in [0, 0.1) is 25.7 Å². The fraction of sp³-hybridized carbons (Fsp3) is 0.286. The molecule has 0 nitrogen and oxygen atoms in total. The Morgan fingerprint density at radius 3 is 0.500 bits per heavy atom. The molecule has 0 spiro atoms. The van der Waals surface area contributed by atoms with E-state index < -0.39 is 0 Å². The van der Waals surface area contributed by atoms with Crippen molar-refractivity contribution in [3.05, 3.63) is 123 Å². The van der Waals surface area contributed by atoms with E-state index in [9.17, 15) is 0 Å². The minimum atomic E-state index is 0. The monoisotopic (exact) mass is 714 g/mol. The first-order chi connectivity index (χ1) is 14.8. The molecule has 0 fully saturated rings. The third-order valence-electron chi connectivity index (χ3n) is 3.12. The molecule has 32 heavy (non-hydrogen) atoms. The second-order valence-electron chi connectivity index (χ2n) is 5.56. The number of rotatable bonds is 4. The summed E-state index contributed by atoms with van der Waals surface area (Å²) in [7, 11) is 0. The van der Waals surface area contributed by atoms with Gasteiger partial charge < -0.3 is 0 Å². The van der Waals surface area contributed by atoms with E-state index >= 15 is 0 Å². The number of hydrogen-bond donors (Lipinski definition) is 0. The maximum absolute atomic E-state index is 2.28. The maximum Gasteiger partial charge on any atom is 0.00506 e. The van der Waals surface area contributed by atoms with Gasteiger partial charge >= 0.3 is 88.4 Å². The standard InChI is InChI=1S/4C5H5.4C2H5.2Sb.2Ti/c4*1-2-4-5-3-1;4*1-2;;;;/h4*1-5H;4*1H2,2H3;;;;. The molecule has 6 radical (unpaired) electrons. The fourth-order valence-corrected chi connectivity index (χ4v) is 4.28. The summed E-state index contributed by atoms with van der Waals surface area (Å²) in [5, 5.41) is 0. The van der Waals surface area contributed by atoms with E-state index in [1.54, 1.807) is 0 Å². The van der Waals surface area contributed by atoms with Gasteiger partial charge in [0.1, 0.15) is 0 Å². The minimum absolute atomic E-state index is 0. The molecule has 0 saturated carbocycles. The normalized spacial score (nSPS) is 13.6. The second-order valence-corrected chi connectivity index (χ2v) is 15.3. The molecule has 0 aromatic rings. The van der Waals surface area contributed by atoms with Crippen LogP contribution in [0.4, 0.5) is 0 Å². The zero-order valence-electron chi connectivity index (χ0n) is 20.3. The molecule has 0 amide bonds. The molecule has 0 aromatic heterocycles. The van der Waals surface area contributed by atoms with Gasteiger partial charge in [-0.05, 0) is 0 Å². The van der Waals surface area contributed by atoms with Gasteiger partial charge in [-0.15, -0.1) is 0 Å². The molecule has 4 heteroatoms. The Bertz CT molecular complexity index is 416. The van der Waals surface area contributed by atoms with E-state index in [2.05, 4.69) is 27.7 Å². The predicted molar refractivity (Wildman–Crippen MR) is 144 cm³/mol. The van der Waals surface area contributed by atoms with E-state index in [0.29, 0.717) is 43.2 Å². The number of allylic oxidation sites excluding steroid dienone is 16. The summed E-state index contributed by atoms with van der Waals surface area (Å²) < 4.78 is 5.98. The van der Waals surface area contributed by atoms with Crippen molar-refractivity contribution in [1.82, 2.24) is 0 Å². The minimum Gasteiger partial charge on any atom is -0.0767 e. The van der Waals surface area contributed by atoms with Gasteiger partial charge in [0, 0.05) is 69.1 Å². The third-order valence-corrected chi connectivity index (χ3v) is 8.22. The first kappa shape index (κ1) is 40.2. The summed E-state index contributed by atoms with van der Waals surface area (Å²) in [4.78, 5) is 0. The molecule has 0 unspecified atom stereocenters. The molecular formula is C28H40Sb2Ti2. The number of hydrogen-bond acceptors (Lipinski definition) is 0. The van der Waals surface area contributed by atoms with Crippen LogP contribution in [0.25, 0.3) is 0 Å². The zero-order valence-corrected chi connectivity index (χ0v) is 28.5. The Kier molecular flexibility index (Phi) is 52.9. The van der Waals surface area contributed by atoms with Crippen LogP contribution < -0.4 is 0 Å². The molecule has 0 N–H and O–H groups in total. The van der Waals surface area contributed by atoms with Gasteiger partial charge in [0.2, 0.25) is 0 Å². The Morgan fingerprint density at radius 1 is 0.312 bits per heavy atom. The molecule has 0 heterocycles. The third kappa shape index (κ3) is 44.6. The van der Waals surface area contributed by atoms with Crippen LogP contribution in [0.1, 0.15) is 27.7 Å². The fourth-order valence-electron chi connectivity index (χ4n) is 1.73. The Labute approximate surface area is 251 Å². The van der Waals surface area contributed by atoms with Gasteiger partial charge in [0.15, 0.2) is 0 Å². The Morgan fingerprint density at radius 2 is 0.469 bits per heavy atom. The molecule has 0 aromatic carbocycles. The SMILES string of the molecule is C[CH2][Sb][CH2]C.C[CH2][Sb][CH2]C.[CH]1C=CC=C1.[CH]1C=CC=C1.[CH]1C=CC=C1.[CH]1C=CC=C1.[Ti].[Ti]. The van der Waals surface area contributed by atoms with Crippen molar-refractivity contribution in [3.63, 3.8) is 0 Å². The second kappa shape index (κ2) is 42.2. The van der Waals surface area contributed by atoms with Crippen molar-refractivity contribution in [1.29, 1.82) is 0 Å². The van der Waals surface area contributed by atoms with Crippen molar-refractivity contribution >= 4 is 43.2 Å². The summed E-state index contributed by atoms with van der Waals surface area (Å²) in [6, 6.07) is 0. The summed E-state index contributed by atoms with van der Waals surface area (Å²) in [5.41, 5.74) is 0. The average Bonchev–Trinajstić information content (AvgIpc) is 3.63. The predicted octanol–water partition coefficient (Wildman–Crippen LogP) is 8.40. The topological polar surface area (TPSA) is 0 Å². The van der Waals surface area contributed by atoms with Crippen molar-refractivity contribution < 1.29 is 43.4 Å². The molecule has 4 rings (SSSR count). The van der Waals surface area contributed by atoms with Gasteiger partial charge in [0.25, 0.3) is 0 Å². The Hall–Kier alpha value is 0.985. The first-order valence-electron chi connectivity index (χ1n) is 10.8. The molecule has 4 aliphatic rings. The van der Waals surface area contributed by atoms with Crippen LogP contribution in [-0.2, 0) is 43.4 Å². The van der Waals surface area contributed by atoms with E-state index in [1.807, 2.05) is 123 Å². The van der Waals surface area contributed by atoms with E-state index in [1.165, 1.54) is 17.5 Å². The van der Waals surface area contributed by atoms with Crippen molar-refractivity contribution in [2.45, 2.75) is 45.2 Å². The quantitative estimate of drug-likeness (QED) is 0.257. The van der Waals surface area contributed by atoms with Gasteiger partial charge in [0.05, 0.1) is 0 Å². The molecule has 4 aliphatic carbocycles. The van der Waals surface area contributed by atoms with Crippen molar-refractivity contribution in [3.8, 4) is 0 Å². The van der Waals surface area contributed by atoms with Crippen molar-refractivity contribution in [2.24, 2.45) is 0 Å². The van der Waals surface area contributed by atoms with Crippen LogP contribution in [0.15, 0.2) is 97.2 Å². The summed E-state index contributed by atoms with van der Waals surface area (Å²) in [6.45, 7) is 9.11. The van der Waals surface area contributed by atoms with Crippen molar-refractivity contribution in [2.75, 3.05) is 0 Å².